The molecular weight excluding hydrogens is 240 g/mol. The van der Waals surface area contributed by atoms with Crippen LogP contribution in [0, 0.1) is 5.41 Å². The van der Waals surface area contributed by atoms with Gasteiger partial charge in [-0.15, -0.1) is 0 Å². The molecule has 0 aliphatic carbocycles. The Hall–Kier alpha value is -1.97. The molecule has 0 spiro atoms. The maximum atomic E-state index is 11.8. The van der Waals surface area contributed by atoms with Crippen molar-refractivity contribution in [2.75, 3.05) is 0 Å². The summed E-state index contributed by atoms with van der Waals surface area (Å²) in [6.07, 6.45) is 0.249. The molecule has 0 aliphatic rings. The van der Waals surface area contributed by atoms with Gasteiger partial charge in [0.2, 0.25) is 0 Å². The van der Waals surface area contributed by atoms with Crippen molar-refractivity contribution in [3.05, 3.63) is 35.9 Å². The monoisotopic (exact) mass is 260 g/mol. The zero-order chi connectivity index (χ0) is 14.5. The summed E-state index contributed by atoms with van der Waals surface area (Å²) in [5.41, 5.74) is 3.21. The number of amides is 1. The summed E-state index contributed by atoms with van der Waals surface area (Å²) in [4.78, 5) is 23.5. The van der Waals surface area contributed by atoms with Crippen LogP contribution in [0.2, 0.25) is 0 Å². The van der Waals surface area contributed by atoms with E-state index in [4.69, 9.17) is 0 Å². The normalized spacial score (nSPS) is 12.1. The van der Waals surface area contributed by atoms with Crippen LogP contribution in [0.15, 0.2) is 35.4 Å². The lowest BCUT2D eigenvalue weighted by Gasteiger charge is -2.15. The van der Waals surface area contributed by atoms with Crippen molar-refractivity contribution in [1.29, 1.82) is 0 Å². The quantitative estimate of drug-likeness (QED) is 0.668. The van der Waals surface area contributed by atoms with Gasteiger partial charge in [0, 0.05) is 23.1 Å². The van der Waals surface area contributed by atoms with Gasteiger partial charge in [-0.1, -0.05) is 39.0 Å². The van der Waals surface area contributed by atoms with E-state index in [2.05, 4.69) is 10.5 Å². The fourth-order valence-electron chi connectivity index (χ4n) is 1.34. The smallest absolute Gasteiger partial charge is 0.271 e. The number of hydrogen-bond acceptors (Lipinski definition) is 3. The molecule has 1 amide bonds. The topological polar surface area (TPSA) is 58.5 Å². The van der Waals surface area contributed by atoms with Crippen molar-refractivity contribution in [3.63, 3.8) is 0 Å². The van der Waals surface area contributed by atoms with Gasteiger partial charge in [-0.2, -0.15) is 5.10 Å². The highest BCUT2D eigenvalue weighted by Crippen LogP contribution is 2.16. The highest BCUT2D eigenvalue weighted by molar-refractivity contribution is 6.03. The maximum absolute atomic E-state index is 11.8. The van der Waals surface area contributed by atoms with Crippen LogP contribution in [-0.4, -0.2) is 17.4 Å². The summed E-state index contributed by atoms with van der Waals surface area (Å²) in [6.45, 7) is 7.33. The number of carbonyl (C=O) groups excluding carboxylic acids is 2. The Morgan fingerprint density at radius 2 is 1.74 bits per heavy atom. The van der Waals surface area contributed by atoms with E-state index in [1.54, 1.807) is 31.2 Å². The summed E-state index contributed by atoms with van der Waals surface area (Å²) in [5, 5.41) is 3.95. The van der Waals surface area contributed by atoms with Gasteiger partial charge in [0.15, 0.2) is 0 Å². The molecule has 0 saturated heterocycles. The van der Waals surface area contributed by atoms with Crippen LogP contribution < -0.4 is 5.43 Å². The summed E-state index contributed by atoms with van der Waals surface area (Å²) in [5.74, 6) is -0.175. The highest BCUT2D eigenvalue weighted by atomic mass is 16.2. The number of rotatable bonds is 4. The molecular formula is C15H20N2O2. The van der Waals surface area contributed by atoms with Gasteiger partial charge in [-0.25, -0.2) is 5.43 Å². The molecule has 0 unspecified atom stereocenters. The number of benzene rings is 1. The first-order valence-corrected chi connectivity index (χ1v) is 6.22. The molecule has 0 heterocycles. The standard InChI is InChI=1S/C15H20N2O2/c1-11(10-13(18)15(2,3)4)16-17-14(19)12-8-6-5-7-9-12/h5-9H,10H2,1-4H3,(H,17,19)/b16-11-. The van der Waals surface area contributed by atoms with Crippen molar-refractivity contribution in [2.24, 2.45) is 10.5 Å². The number of nitrogens with one attached hydrogen (secondary N) is 1. The minimum absolute atomic E-state index is 0.0997. The number of nitrogens with zero attached hydrogens (tertiary/aromatic N) is 1. The van der Waals surface area contributed by atoms with Crippen molar-refractivity contribution in [1.82, 2.24) is 5.43 Å². The molecule has 102 valence electrons. The largest absolute Gasteiger partial charge is 0.299 e. The van der Waals surface area contributed by atoms with Gasteiger partial charge < -0.3 is 0 Å². The van der Waals surface area contributed by atoms with Crippen molar-refractivity contribution >= 4 is 17.4 Å². The maximum Gasteiger partial charge on any atom is 0.271 e. The molecule has 1 rings (SSSR count). The number of ketones is 1. The van der Waals surface area contributed by atoms with Crippen molar-refractivity contribution < 1.29 is 9.59 Å². The van der Waals surface area contributed by atoms with Crippen LogP contribution in [0.25, 0.3) is 0 Å². The van der Waals surface area contributed by atoms with Crippen LogP contribution in [0.3, 0.4) is 0 Å². The Balaban J connectivity index is 2.58. The Labute approximate surface area is 113 Å². The third-order valence-corrected chi connectivity index (χ3v) is 2.64. The molecule has 0 aromatic heterocycles. The predicted octanol–water partition coefficient (Wildman–Crippen LogP) is 2.80. The lowest BCUT2D eigenvalue weighted by atomic mass is 9.88. The summed E-state index contributed by atoms with van der Waals surface area (Å²) in [6, 6.07) is 8.83. The van der Waals surface area contributed by atoms with E-state index in [1.807, 2.05) is 26.8 Å². The Morgan fingerprint density at radius 3 is 2.26 bits per heavy atom. The number of carbonyl (C=O) groups is 2. The van der Waals surface area contributed by atoms with E-state index >= 15 is 0 Å². The molecule has 4 heteroatoms. The molecule has 0 bridgehead atoms. The van der Waals surface area contributed by atoms with Crippen LogP contribution in [0.4, 0.5) is 0 Å². The van der Waals surface area contributed by atoms with Gasteiger partial charge in [0.05, 0.1) is 0 Å². The summed E-state index contributed by atoms with van der Waals surface area (Å²) >= 11 is 0. The van der Waals surface area contributed by atoms with Crippen molar-refractivity contribution in [3.8, 4) is 0 Å². The second-order valence-corrected chi connectivity index (χ2v) is 5.50. The summed E-state index contributed by atoms with van der Waals surface area (Å²) in [7, 11) is 0. The average molecular weight is 260 g/mol. The van der Waals surface area contributed by atoms with Gasteiger partial charge in [-0.3, -0.25) is 9.59 Å². The van der Waals surface area contributed by atoms with Gasteiger partial charge in [0.1, 0.15) is 5.78 Å². The molecule has 1 aromatic rings. The fraction of sp³-hybridized carbons (Fsp3) is 0.400. The van der Waals surface area contributed by atoms with Crippen LogP contribution in [-0.2, 0) is 4.79 Å². The van der Waals surface area contributed by atoms with Crippen LogP contribution >= 0.6 is 0 Å². The minimum Gasteiger partial charge on any atom is -0.299 e. The number of Topliss-reactive ketones (excluding diaryl/α,β-unsaturated/α-hetero) is 1. The van der Waals surface area contributed by atoms with E-state index in [9.17, 15) is 9.59 Å². The first kappa shape index (κ1) is 15.1. The van der Waals surface area contributed by atoms with E-state index in [-0.39, 0.29) is 23.5 Å². The van der Waals surface area contributed by atoms with E-state index in [0.717, 1.165) is 0 Å². The molecule has 4 nitrogen and oxygen atoms in total. The second-order valence-electron chi connectivity index (χ2n) is 5.50. The SMILES string of the molecule is C/C(CC(=O)C(C)(C)C)=N/NC(=O)c1ccccc1. The second kappa shape index (κ2) is 6.27. The average Bonchev–Trinajstić information content (AvgIpc) is 2.35. The van der Waals surface area contributed by atoms with Gasteiger partial charge in [0.25, 0.3) is 5.91 Å². The van der Waals surface area contributed by atoms with E-state index in [0.29, 0.717) is 11.3 Å². The number of hydrazone groups is 1. The Kier molecular flexibility index (Phi) is 4.98. The van der Waals surface area contributed by atoms with Crippen LogP contribution in [0.5, 0.6) is 0 Å². The van der Waals surface area contributed by atoms with Crippen molar-refractivity contribution in [2.45, 2.75) is 34.1 Å². The zero-order valence-corrected chi connectivity index (χ0v) is 11.9. The minimum atomic E-state index is -0.389. The molecule has 0 atom stereocenters. The highest BCUT2D eigenvalue weighted by Gasteiger charge is 2.21. The Bertz CT molecular complexity index is 485. The molecule has 0 saturated carbocycles. The fourth-order valence-corrected chi connectivity index (χ4v) is 1.34. The first-order valence-electron chi connectivity index (χ1n) is 6.22. The lowest BCUT2D eigenvalue weighted by molar-refractivity contribution is -0.125. The molecule has 0 radical (unpaired) electrons. The van der Waals surface area contributed by atoms with E-state index in [1.165, 1.54) is 0 Å². The molecule has 0 aliphatic heterocycles. The number of hydrogen-bond donors (Lipinski definition) is 1. The van der Waals surface area contributed by atoms with Gasteiger partial charge in [-0.05, 0) is 19.1 Å². The van der Waals surface area contributed by atoms with E-state index < -0.39 is 0 Å². The predicted molar refractivity (Wildman–Crippen MR) is 76.1 cm³/mol. The Morgan fingerprint density at radius 1 is 1.16 bits per heavy atom. The zero-order valence-electron chi connectivity index (χ0n) is 11.9. The summed E-state index contributed by atoms with van der Waals surface area (Å²) < 4.78 is 0. The molecule has 19 heavy (non-hydrogen) atoms. The molecule has 1 N–H and O–H groups in total. The molecule has 0 fully saturated rings. The first-order chi connectivity index (χ1) is 8.80. The molecule has 1 aromatic carbocycles. The third kappa shape index (κ3) is 5.04. The van der Waals surface area contributed by atoms with Crippen LogP contribution in [0.1, 0.15) is 44.5 Å². The lowest BCUT2D eigenvalue weighted by Crippen LogP contribution is -2.24. The van der Waals surface area contributed by atoms with Gasteiger partial charge >= 0.3 is 0 Å². The third-order valence-electron chi connectivity index (χ3n) is 2.64.